The van der Waals surface area contributed by atoms with Crippen molar-refractivity contribution >= 4 is 11.8 Å². The Morgan fingerprint density at radius 2 is 2.00 bits per heavy atom. The summed E-state index contributed by atoms with van der Waals surface area (Å²) in [6, 6.07) is 11.1. The first-order chi connectivity index (χ1) is 8.29. The van der Waals surface area contributed by atoms with Gasteiger partial charge in [0.25, 0.3) is 0 Å². The van der Waals surface area contributed by atoms with E-state index >= 15 is 0 Å². The van der Waals surface area contributed by atoms with Crippen LogP contribution in [-0.2, 0) is 0 Å². The van der Waals surface area contributed by atoms with Crippen LogP contribution >= 0.6 is 11.8 Å². The van der Waals surface area contributed by atoms with Crippen LogP contribution < -0.4 is 5.73 Å². The predicted molar refractivity (Wildman–Crippen MR) is 76.3 cm³/mol. The van der Waals surface area contributed by atoms with Crippen molar-refractivity contribution < 1.29 is 0 Å². The SMILES string of the molecule is CCCC1CCC(N)C(Sc2ccccc2)C1. The normalized spacial score (nSPS) is 29.2. The van der Waals surface area contributed by atoms with E-state index in [1.807, 2.05) is 11.8 Å². The van der Waals surface area contributed by atoms with Gasteiger partial charge in [-0.25, -0.2) is 0 Å². The molecule has 1 aliphatic rings. The minimum absolute atomic E-state index is 0.383. The maximum atomic E-state index is 6.26. The second-order valence-electron chi connectivity index (χ2n) is 5.10. The molecule has 1 nitrogen and oxygen atoms in total. The van der Waals surface area contributed by atoms with Crippen LogP contribution in [0.25, 0.3) is 0 Å². The van der Waals surface area contributed by atoms with Crippen molar-refractivity contribution in [3.05, 3.63) is 30.3 Å². The van der Waals surface area contributed by atoms with E-state index in [1.54, 1.807) is 0 Å². The lowest BCUT2D eigenvalue weighted by atomic mass is 9.83. The topological polar surface area (TPSA) is 26.0 Å². The molecule has 1 aromatic rings. The summed E-state index contributed by atoms with van der Waals surface area (Å²) in [5.41, 5.74) is 6.26. The summed E-state index contributed by atoms with van der Waals surface area (Å²) in [6.45, 7) is 2.29. The average molecular weight is 249 g/mol. The molecule has 0 spiro atoms. The van der Waals surface area contributed by atoms with E-state index in [0.29, 0.717) is 11.3 Å². The van der Waals surface area contributed by atoms with Gasteiger partial charge < -0.3 is 5.73 Å². The van der Waals surface area contributed by atoms with Crippen molar-refractivity contribution in [3.8, 4) is 0 Å². The van der Waals surface area contributed by atoms with Crippen LogP contribution in [0.4, 0.5) is 0 Å². The number of rotatable bonds is 4. The molecule has 3 atom stereocenters. The van der Waals surface area contributed by atoms with Gasteiger partial charge in [0.15, 0.2) is 0 Å². The standard InChI is InChI=1S/C15H23NS/c1-2-6-12-9-10-14(16)15(11-12)17-13-7-4-3-5-8-13/h3-5,7-8,12,14-15H,2,6,9-11,16H2,1H3. The van der Waals surface area contributed by atoms with Gasteiger partial charge in [-0.1, -0.05) is 38.0 Å². The Morgan fingerprint density at radius 1 is 1.24 bits per heavy atom. The Kier molecular flexibility index (Phi) is 4.93. The fourth-order valence-electron chi connectivity index (χ4n) is 2.72. The fraction of sp³-hybridized carbons (Fsp3) is 0.600. The monoisotopic (exact) mass is 249 g/mol. The lowest BCUT2D eigenvalue weighted by Gasteiger charge is -2.33. The first-order valence-corrected chi connectivity index (χ1v) is 7.65. The van der Waals surface area contributed by atoms with E-state index in [9.17, 15) is 0 Å². The van der Waals surface area contributed by atoms with Crippen LogP contribution in [0.1, 0.15) is 39.0 Å². The molecule has 94 valence electrons. The zero-order valence-electron chi connectivity index (χ0n) is 10.6. The Balaban J connectivity index is 1.94. The predicted octanol–water partition coefficient (Wildman–Crippen LogP) is 4.07. The van der Waals surface area contributed by atoms with Gasteiger partial charge in [0.05, 0.1) is 0 Å². The maximum absolute atomic E-state index is 6.26. The molecule has 1 aliphatic carbocycles. The van der Waals surface area contributed by atoms with E-state index in [0.717, 1.165) is 5.92 Å². The van der Waals surface area contributed by atoms with Gasteiger partial charge in [-0.3, -0.25) is 0 Å². The molecule has 2 heteroatoms. The summed E-state index contributed by atoms with van der Waals surface area (Å²) < 4.78 is 0. The van der Waals surface area contributed by atoms with Crippen molar-refractivity contribution in [1.82, 2.24) is 0 Å². The molecule has 0 aromatic heterocycles. The van der Waals surface area contributed by atoms with Gasteiger partial charge in [0, 0.05) is 16.2 Å². The molecule has 2 rings (SSSR count). The summed E-state index contributed by atoms with van der Waals surface area (Å²) in [5, 5.41) is 0.614. The van der Waals surface area contributed by atoms with Gasteiger partial charge >= 0.3 is 0 Å². The Bertz CT molecular complexity index is 325. The summed E-state index contributed by atoms with van der Waals surface area (Å²) in [6.07, 6.45) is 6.52. The number of thioether (sulfide) groups is 1. The molecule has 17 heavy (non-hydrogen) atoms. The molecule has 1 fully saturated rings. The Labute approximate surface area is 109 Å². The van der Waals surface area contributed by atoms with Crippen LogP contribution in [-0.4, -0.2) is 11.3 Å². The fourth-order valence-corrected chi connectivity index (χ4v) is 4.06. The largest absolute Gasteiger partial charge is 0.327 e. The second kappa shape index (κ2) is 6.46. The zero-order valence-corrected chi connectivity index (χ0v) is 11.5. The lowest BCUT2D eigenvalue weighted by molar-refractivity contribution is 0.317. The summed E-state index contributed by atoms with van der Waals surface area (Å²) in [5.74, 6) is 0.904. The number of hydrogen-bond acceptors (Lipinski definition) is 2. The minimum atomic E-state index is 0.383. The third kappa shape index (κ3) is 3.75. The molecule has 0 saturated heterocycles. The molecule has 1 saturated carbocycles. The summed E-state index contributed by atoms with van der Waals surface area (Å²) >= 11 is 1.98. The van der Waals surface area contributed by atoms with E-state index in [4.69, 9.17) is 5.73 Å². The highest BCUT2D eigenvalue weighted by Gasteiger charge is 2.28. The first-order valence-electron chi connectivity index (χ1n) is 6.77. The minimum Gasteiger partial charge on any atom is -0.327 e. The van der Waals surface area contributed by atoms with Crippen molar-refractivity contribution in [2.24, 2.45) is 11.7 Å². The molecule has 0 heterocycles. The highest BCUT2D eigenvalue weighted by atomic mass is 32.2. The van der Waals surface area contributed by atoms with Gasteiger partial charge in [-0.05, 0) is 37.3 Å². The Morgan fingerprint density at radius 3 is 2.71 bits per heavy atom. The highest BCUT2D eigenvalue weighted by Crippen LogP contribution is 2.37. The van der Waals surface area contributed by atoms with Crippen molar-refractivity contribution in [1.29, 1.82) is 0 Å². The summed E-state index contributed by atoms with van der Waals surface area (Å²) in [7, 11) is 0. The highest BCUT2D eigenvalue weighted by molar-refractivity contribution is 8.00. The third-order valence-electron chi connectivity index (χ3n) is 3.68. The first kappa shape index (κ1) is 13.0. The molecular formula is C15H23NS. The van der Waals surface area contributed by atoms with Crippen molar-refractivity contribution in [2.45, 2.75) is 55.2 Å². The molecule has 0 aliphatic heterocycles. The van der Waals surface area contributed by atoms with E-state index in [2.05, 4.69) is 37.3 Å². The smallest absolute Gasteiger partial charge is 0.0248 e. The van der Waals surface area contributed by atoms with Crippen LogP contribution in [0.2, 0.25) is 0 Å². The Hall–Kier alpha value is -0.470. The molecule has 1 aromatic carbocycles. The number of nitrogens with two attached hydrogens (primary N) is 1. The average Bonchev–Trinajstić information content (AvgIpc) is 2.35. The van der Waals surface area contributed by atoms with Crippen molar-refractivity contribution in [2.75, 3.05) is 0 Å². The number of benzene rings is 1. The third-order valence-corrected chi connectivity index (χ3v) is 5.07. The second-order valence-corrected chi connectivity index (χ2v) is 6.41. The van der Waals surface area contributed by atoms with E-state index in [1.165, 1.54) is 37.0 Å². The van der Waals surface area contributed by atoms with Gasteiger partial charge in [0.1, 0.15) is 0 Å². The van der Waals surface area contributed by atoms with Crippen LogP contribution in [0.5, 0.6) is 0 Å². The number of hydrogen-bond donors (Lipinski definition) is 1. The maximum Gasteiger partial charge on any atom is 0.0248 e. The van der Waals surface area contributed by atoms with Gasteiger partial charge in [0.2, 0.25) is 0 Å². The van der Waals surface area contributed by atoms with Crippen LogP contribution in [0.3, 0.4) is 0 Å². The molecule has 0 bridgehead atoms. The molecule has 0 amide bonds. The molecule has 2 N–H and O–H groups in total. The molecular weight excluding hydrogens is 226 g/mol. The van der Waals surface area contributed by atoms with Crippen molar-refractivity contribution in [3.63, 3.8) is 0 Å². The van der Waals surface area contributed by atoms with Gasteiger partial charge in [-0.2, -0.15) is 0 Å². The quantitative estimate of drug-likeness (QED) is 0.870. The van der Waals surface area contributed by atoms with E-state index < -0.39 is 0 Å². The van der Waals surface area contributed by atoms with E-state index in [-0.39, 0.29) is 0 Å². The van der Waals surface area contributed by atoms with Crippen LogP contribution in [0, 0.1) is 5.92 Å². The van der Waals surface area contributed by atoms with Gasteiger partial charge in [-0.15, -0.1) is 11.8 Å². The summed E-state index contributed by atoms with van der Waals surface area (Å²) in [4.78, 5) is 1.37. The molecule has 0 radical (unpaired) electrons. The molecule has 3 unspecified atom stereocenters. The zero-order chi connectivity index (χ0) is 12.1. The van der Waals surface area contributed by atoms with Crippen LogP contribution in [0.15, 0.2) is 35.2 Å². The lowest BCUT2D eigenvalue weighted by Crippen LogP contribution is -2.38.